The molecule has 0 radical (unpaired) electrons. The first-order valence-corrected chi connectivity index (χ1v) is 9.40. The highest BCUT2D eigenvalue weighted by atomic mass is 35.5. The molecule has 0 atom stereocenters. The number of urea groups is 1. The number of nitrogens with one attached hydrogen (secondary N) is 1. The third-order valence-electron chi connectivity index (χ3n) is 4.60. The van der Waals surface area contributed by atoms with Crippen molar-refractivity contribution < 1.29 is 28.3 Å². The second kappa shape index (κ2) is 8.08. The smallest absolute Gasteiger partial charge is 0.329 e. The van der Waals surface area contributed by atoms with E-state index in [0.717, 1.165) is 4.90 Å². The maximum Gasteiger partial charge on any atom is 0.329 e. The fourth-order valence-electron chi connectivity index (χ4n) is 3.05. The zero-order valence-electron chi connectivity index (χ0n) is 15.7. The minimum absolute atomic E-state index is 0.00240. The number of rotatable bonds is 5. The van der Waals surface area contributed by atoms with Gasteiger partial charge in [0.15, 0.2) is 0 Å². The van der Waals surface area contributed by atoms with Crippen LogP contribution in [-0.4, -0.2) is 22.8 Å². The number of carboxylic acids is 1. The van der Waals surface area contributed by atoms with Crippen molar-refractivity contribution in [2.24, 2.45) is 0 Å². The molecular formula is C22H13ClFN2O5-. The van der Waals surface area contributed by atoms with Gasteiger partial charge in [-0.1, -0.05) is 29.8 Å². The van der Waals surface area contributed by atoms with Crippen molar-refractivity contribution in [2.75, 3.05) is 0 Å². The van der Waals surface area contributed by atoms with Gasteiger partial charge in [0.05, 0.1) is 17.5 Å². The molecule has 7 nitrogen and oxygen atoms in total. The highest BCUT2D eigenvalue weighted by molar-refractivity contribution is 6.33. The lowest BCUT2D eigenvalue weighted by Crippen LogP contribution is -2.30. The van der Waals surface area contributed by atoms with Gasteiger partial charge in [-0.15, -0.1) is 0 Å². The maximum atomic E-state index is 13.0. The molecule has 1 aromatic heterocycles. The van der Waals surface area contributed by atoms with Gasteiger partial charge in [0, 0.05) is 11.6 Å². The summed E-state index contributed by atoms with van der Waals surface area (Å²) in [6, 6.07) is 12.0. The van der Waals surface area contributed by atoms with Crippen LogP contribution < -0.4 is 10.4 Å². The third-order valence-corrected chi connectivity index (χ3v) is 4.93. The van der Waals surface area contributed by atoms with Crippen molar-refractivity contribution in [1.29, 1.82) is 0 Å². The minimum atomic E-state index is -1.35. The lowest BCUT2D eigenvalue weighted by molar-refractivity contribution is -0.255. The Morgan fingerprint density at radius 1 is 1.13 bits per heavy atom. The summed E-state index contributed by atoms with van der Waals surface area (Å²) in [5.74, 6) is -1.81. The van der Waals surface area contributed by atoms with Gasteiger partial charge in [0.2, 0.25) is 0 Å². The molecule has 0 bridgehead atoms. The van der Waals surface area contributed by atoms with Crippen LogP contribution in [0.3, 0.4) is 0 Å². The number of halogens is 2. The Bertz CT molecular complexity index is 1230. The van der Waals surface area contributed by atoms with Gasteiger partial charge >= 0.3 is 6.03 Å². The lowest BCUT2D eigenvalue weighted by Gasteiger charge is -2.11. The summed E-state index contributed by atoms with van der Waals surface area (Å²) in [4.78, 5) is 36.9. The van der Waals surface area contributed by atoms with Crippen LogP contribution in [0.1, 0.15) is 21.7 Å². The second-order valence-corrected chi connectivity index (χ2v) is 7.10. The van der Waals surface area contributed by atoms with Gasteiger partial charge in [0.25, 0.3) is 5.91 Å². The van der Waals surface area contributed by atoms with Crippen molar-refractivity contribution in [1.82, 2.24) is 10.2 Å². The topological polar surface area (TPSA) is 103 Å². The quantitative estimate of drug-likeness (QED) is 0.486. The number of amides is 3. The Labute approximate surface area is 180 Å². The number of hydrogen-bond donors (Lipinski definition) is 1. The molecule has 3 aromatic rings. The molecule has 0 unspecified atom stereocenters. The number of carboxylic acid groups (broad SMARTS) is 1. The van der Waals surface area contributed by atoms with Gasteiger partial charge in [-0.05, 0) is 47.5 Å². The van der Waals surface area contributed by atoms with E-state index in [4.69, 9.17) is 16.0 Å². The molecule has 31 heavy (non-hydrogen) atoms. The molecule has 1 aliphatic rings. The summed E-state index contributed by atoms with van der Waals surface area (Å²) in [6.07, 6.45) is 1.35. The maximum absolute atomic E-state index is 13.0. The molecule has 3 amide bonds. The fraction of sp³-hybridized carbons (Fsp3) is 0.0455. The van der Waals surface area contributed by atoms with Crippen LogP contribution in [-0.2, 0) is 11.3 Å². The molecule has 2 heterocycles. The predicted molar refractivity (Wildman–Crippen MR) is 107 cm³/mol. The third kappa shape index (κ3) is 4.19. The molecule has 0 spiro atoms. The van der Waals surface area contributed by atoms with Crippen molar-refractivity contribution in [3.8, 4) is 11.3 Å². The van der Waals surface area contributed by atoms with Crippen LogP contribution in [0.5, 0.6) is 0 Å². The number of aromatic carboxylic acids is 1. The highest BCUT2D eigenvalue weighted by Crippen LogP contribution is 2.31. The average Bonchev–Trinajstić information content (AvgIpc) is 3.30. The summed E-state index contributed by atoms with van der Waals surface area (Å²) in [7, 11) is 0. The Hall–Kier alpha value is -3.91. The number of furan rings is 1. The first-order valence-electron chi connectivity index (χ1n) is 9.02. The Morgan fingerprint density at radius 2 is 1.87 bits per heavy atom. The number of carbonyl (C=O) groups excluding carboxylic acids is 3. The van der Waals surface area contributed by atoms with Crippen molar-refractivity contribution in [3.63, 3.8) is 0 Å². The zero-order valence-corrected chi connectivity index (χ0v) is 16.5. The lowest BCUT2D eigenvalue weighted by atomic mass is 10.1. The molecule has 0 aliphatic carbocycles. The normalized spacial score (nSPS) is 14.9. The van der Waals surface area contributed by atoms with E-state index in [1.54, 1.807) is 12.1 Å². The van der Waals surface area contributed by atoms with Gasteiger partial charge in [0.1, 0.15) is 23.0 Å². The first kappa shape index (κ1) is 20.4. The number of benzene rings is 2. The first-order chi connectivity index (χ1) is 14.8. The van der Waals surface area contributed by atoms with E-state index in [-0.39, 0.29) is 34.3 Å². The zero-order chi connectivity index (χ0) is 22.1. The summed E-state index contributed by atoms with van der Waals surface area (Å²) < 4.78 is 18.7. The number of hydrogen-bond acceptors (Lipinski definition) is 5. The summed E-state index contributed by atoms with van der Waals surface area (Å²) >= 11 is 6.13. The fourth-order valence-corrected chi connectivity index (χ4v) is 3.26. The number of carbonyl (C=O) groups is 3. The van der Waals surface area contributed by atoms with Crippen molar-refractivity contribution >= 4 is 35.6 Å². The average molecular weight is 440 g/mol. The molecule has 2 aromatic carbocycles. The molecule has 4 rings (SSSR count). The van der Waals surface area contributed by atoms with E-state index in [9.17, 15) is 23.9 Å². The molecule has 1 N–H and O–H groups in total. The van der Waals surface area contributed by atoms with Crippen LogP contribution in [0, 0.1) is 5.82 Å². The highest BCUT2D eigenvalue weighted by Gasteiger charge is 2.33. The van der Waals surface area contributed by atoms with Gasteiger partial charge in [-0.25, -0.2) is 9.18 Å². The van der Waals surface area contributed by atoms with Crippen LogP contribution in [0.15, 0.2) is 64.7 Å². The summed E-state index contributed by atoms with van der Waals surface area (Å²) in [5, 5.41) is 13.8. The van der Waals surface area contributed by atoms with E-state index in [1.165, 1.54) is 48.5 Å². The van der Waals surface area contributed by atoms with E-state index in [1.807, 2.05) is 0 Å². The van der Waals surface area contributed by atoms with Crippen LogP contribution >= 0.6 is 11.6 Å². The van der Waals surface area contributed by atoms with E-state index < -0.39 is 23.7 Å². The molecule has 9 heteroatoms. The molecule has 1 aliphatic heterocycles. The second-order valence-electron chi connectivity index (χ2n) is 6.69. The van der Waals surface area contributed by atoms with E-state index in [0.29, 0.717) is 11.1 Å². The molecule has 1 saturated heterocycles. The standard InChI is InChI=1S/C22H14ClFN2O5/c23-17-7-3-13(21(28)29)9-16(17)19-8-6-15(31-19)10-18-20(27)26(22(30)25-18)11-12-1-4-14(24)5-2-12/h1-10H,11H2,(H,25,30)(H,28,29)/p-1/b18-10+. The van der Waals surface area contributed by atoms with Gasteiger partial charge in [-0.3, -0.25) is 9.69 Å². The molecule has 1 fully saturated rings. The molecule has 156 valence electrons. The summed E-state index contributed by atoms with van der Waals surface area (Å²) in [5.41, 5.74) is 0.870. The monoisotopic (exact) mass is 439 g/mol. The van der Waals surface area contributed by atoms with Crippen LogP contribution in [0.4, 0.5) is 9.18 Å². The van der Waals surface area contributed by atoms with Crippen LogP contribution in [0.2, 0.25) is 5.02 Å². The predicted octanol–water partition coefficient (Wildman–Crippen LogP) is 3.20. The number of nitrogens with zero attached hydrogens (tertiary/aromatic N) is 1. The largest absolute Gasteiger partial charge is 0.545 e. The Kier molecular flexibility index (Phi) is 5.31. The molecular weight excluding hydrogens is 427 g/mol. The van der Waals surface area contributed by atoms with E-state index in [2.05, 4.69) is 5.32 Å². The minimum Gasteiger partial charge on any atom is -0.545 e. The number of imide groups is 1. The molecule has 0 saturated carbocycles. The van der Waals surface area contributed by atoms with Gasteiger partial charge < -0.3 is 19.6 Å². The Morgan fingerprint density at radius 3 is 2.58 bits per heavy atom. The Balaban J connectivity index is 1.56. The van der Waals surface area contributed by atoms with Gasteiger partial charge in [-0.2, -0.15) is 0 Å². The van der Waals surface area contributed by atoms with Crippen LogP contribution in [0.25, 0.3) is 17.4 Å². The van der Waals surface area contributed by atoms with Crippen molar-refractivity contribution in [2.45, 2.75) is 6.54 Å². The summed E-state index contributed by atoms with van der Waals surface area (Å²) in [6.45, 7) is -0.0166. The SMILES string of the molecule is O=C([O-])c1ccc(Cl)c(-c2ccc(/C=C3/NC(=O)N(Cc4ccc(F)cc4)C3=O)o2)c1. The van der Waals surface area contributed by atoms with E-state index >= 15 is 0 Å². The van der Waals surface area contributed by atoms with Crippen molar-refractivity contribution in [3.05, 3.63) is 88.0 Å².